The van der Waals surface area contributed by atoms with E-state index in [1.54, 1.807) is 0 Å². The van der Waals surface area contributed by atoms with Gasteiger partial charge in [0, 0.05) is 22.8 Å². The minimum absolute atomic E-state index is 0.0491. The van der Waals surface area contributed by atoms with Gasteiger partial charge < -0.3 is 10.3 Å². The third kappa shape index (κ3) is 1.80. The number of carbonyl (C=O) groups excluding carboxylic acids is 1. The quantitative estimate of drug-likeness (QED) is 0.852. The monoisotopic (exact) mass is 242 g/mol. The maximum atomic E-state index is 12.3. The highest BCUT2D eigenvalue weighted by Crippen LogP contribution is 2.34. The van der Waals surface area contributed by atoms with Crippen LogP contribution in [0.5, 0.6) is 0 Å². The minimum Gasteiger partial charge on any atom is -0.361 e. The first kappa shape index (κ1) is 11.3. The summed E-state index contributed by atoms with van der Waals surface area (Å²) in [6.45, 7) is 2.15. The SMILES string of the molecule is CCC1(NC(=O)c2ccc3cc[nH]c3c2)CCC1. The van der Waals surface area contributed by atoms with Gasteiger partial charge in [-0.25, -0.2) is 0 Å². The van der Waals surface area contributed by atoms with Crippen molar-refractivity contribution in [3.05, 3.63) is 36.0 Å². The Balaban J connectivity index is 1.83. The van der Waals surface area contributed by atoms with E-state index in [1.807, 2.05) is 30.5 Å². The average molecular weight is 242 g/mol. The molecule has 1 aliphatic carbocycles. The Kier molecular flexibility index (Phi) is 2.62. The molecule has 1 saturated carbocycles. The van der Waals surface area contributed by atoms with Crippen LogP contribution in [0.15, 0.2) is 30.5 Å². The lowest BCUT2D eigenvalue weighted by Gasteiger charge is -2.42. The van der Waals surface area contributed by atoms with Gasteiger partial charge in [-0.05, 0) is 49.3 Å². The molecule has 0 saturated heterocycles. The van der Waals surface area contributed by atoms with Gasteiger partial charge in [-0.15, -0.1) is 0 Å². The van der Waals surface area contributed by atoms with Crippen LogP contribution in [0.25, 0.3) is 10.9 Å². The second kappa shape index (κ2) is 4.16. The van der Waals surface area contributed by atoms with Crippen LogP contribution in [0.3, 0.4) is 0 Å². The lowest BCUT2D eigenvalue weighted by Crippen LogP contribution is -2.52. The van der Waals surface area contributed by atoms with Crippen LogP contribution in [0.1, 0.15) is 43.0 Å². The molecule has 1 amide bonds. The molecule has 1 fully saturated rings. The number of benzene rings is 1. The molecule has 0 radical (unpaired) electrons. The molecule has 1 aromatic heterocycles. The zero-order chi connectivity index (χ0) is 12.6. The van der Waals surface area contributed by atoms with Crippen molar-refractivity contribution in [3.8, 4) is 0 Å². The van der Waals surface area contributed by atoms with Crippen LogP contribution in [0.4, 0.5) is 0 Å². The first-order valence-corrected chi connectivity index (χ1v) is 6.62. The number of aromatic amines is 1. The van der Waals surface area contributed by atoms with Gasteiger partial charge >= 0.3 is 0 Å². The Labute approximate surface area is 107 Å². The van der Waals surface area contributed by atoms with Gasteiger partial charge in [0.1, 0.15) is 0 Å². The van der Waals surface area contributed by atoms with E-state index in [0.29, 0.717) is 0 Å². The van der Waals surface area contributed by atoms with Crippen molar-refractivity contribution in [1.29, 1.82) is 0 Å². The number of aromatic nitrogens is 1. The van der Waals surface area contributed by atoms with E-state index < -0.39 is 0 Å². The first-order chi connectivity index (χ1) is 8.72. The van der Waals surface area contributed by atoms with Crippen molar-refractivity contribution in [1.82, 2.24) is 10.3 Å². The number of H-pyrrole nitrogens is 1. The summed E-state index contributed by atoms with van der Waals surface area (Å²) in [4.78, 5) is 15.4. The highest BCUT2D eigenvalue weighted by molar-refractivity contribution is 5.98. The van der Waals surface area contributed by atoms with E-state index in [-0.39, 0.29) is 11.4 Å². The Morgan fingerprint density at radius 1 is 1.39 bits per heavy atom. The molecular weight excluding hydrogens is 224 g/mol. The summed E-state index contributed by atoms with van der Waals surface area (Å²) in [7, 11) is 0. The van der Waals surface area contributed by atoms with E-state index >= 15 is 0 Å². The fourth-order valence-electron chi connectivity index (χ4n) is 2.67. The van der Waals surface area contributed by atoms with Gasteiger partial charge in [0.2, 0.25) is 0 Å². The van der Waals surface area contributed by atoms with Gasteiger partial charge in [-0.3, -0.25) is 4.79 Å². The van der Waals surface area contributed by atoms with Crippen LogP contribution < -0.4 is 5.32 Å². The molecule has 18 heavy (non-hydrogen) atoms. The summed E-state index contributed by atoms with van der Waals surface area (Å²) >= 11 is 0. The molecular formula is C15H18N2O. The normalized spacial score (nSPS) is 17.4. The predicted octanol–water partition coefficient (Wildman–Crippen LogP) is 3.23. The van der Waals surface area contributed by atoms with Crippen molar-refractivity contribution in [2.45, 2.75) is 38.1 Å². The summed E-state index contributed by atoms with van der Waals surface area (Å²) in [5, 5.41) is 4.34. The smallest absolute Gasteiger partial charge is 0.251 e. The molecule has 1 heterocycles. The topological polar surface area (TPSA) is 44.9 Å². The largest absolute Gasteiger partial charge is 0.361 e. The van der Waals surface area contributed by atoms with Crippen molar-refractivity contribution < 1.29 is 4.79 Å². The number of hydrogen-bond acceptors (Lipinski definition) is 1. The van der Waals surface area contributed by atoms with Crippen LogP contribution in [-0.4, -0.2) is 16.4 Å². The molecule has 0 atom stereocenters. The number of fused-ring (bicyclic) bond motifs is 1. The summed E-state index contributed by atoms with van der Waals surface area (Å²) in [5.41, 5.74) is 1.81. The van der Waals surface area contributed by atoms with Gasteiger partial charge in [-0.2, -0.15) is 0 Å². The molecule has 3 nitrogen and oxygen atoms in total. The van der Waals surface area contributed by atoms with E-state index in [1.165, 1.54) is 6.42 Å². The summed E-state index contributed by atoms with van der Waals surface area (Å²) in [6, 6.07) is 7.82. The molecule has 0 spiro atoms. The van der Waals surface area contributed by atoms with Crippen molar-refractivity contribution in [3.63, 3.8) is 0 Å². The fraction of sp³-hybridized carbons (Fsp3) is 0.400. The zero-order valence-electron chi connectivity index (χ0n) is 10.6. The number of amides is 1. The average Bonchev–Trinajstić information content (AvgIpc) is 2.80. The Morgan fingerprint density at radius 2 is 2.22 bits per heavy atom. The molecule has 0 bridgehead atoms. The molecule has 1 aliphatic rings. The first-order valence-electron chi connectivity index (χ1n) is 6.62. The highest BCUT2D eigenvalue weighted by Gasteiger charge is 2.36. The van der Waals surface area contributed by atoms with E-state index in [9.17, 15) is 4.79 Å². The molecule has 2 N–H and O–H groups in total. The Hall–Kier alpha value is -1.77. The Bertz CT molecular complexity index is 575. The summed E-state index contributed by atoms with van der Waals surface area (Å²) in [6.07, 6.45) is 6.36. The maximum absolute atomic E-state index is 12.3. The molecule has 3 heteroatoms. The van der Waals surface area contributed by atoms with Gasteiger partial charge in [0.05, 0.1) is 0 Å². The molecule has 94 valence electrons. The number of hydrogen-bond donors (Lipinski definition) is 2. The second-order valence-electron chi connectivity index (χ2n) is 5.22. The summed E-state index contributed by atoms with van der Waals surface area (Å²) < 4.78 is 0. The van der Waals surface area contributed by atoms with E-state index in [4.69, 9.17) is 0 Å². The number of nitrogens with one attached hydrogen (secondary N) is 2. The molecule has 1 aromatic carbocycles. The van der Waals surface area contributed by atoms with Crippen LogP contribution >= 0.6 is 0 Å². The number of rotatable bonds is 3. The standard InChI is InChI=1S/C15H18N2O/c1-2-15(7-3-8-15)17-14(18)12-5-4-11-6-9-16-13(11)10-12/h4-6,9-10,16H,2-3,7-8H2,1H3,(H,17,18). The minimum atomic E-state index is 0.0491. The zero-order valence-corrected chi connectivity index (χ0v) is 10.6. The summed E-state index contributed by atoms with van der Waals surface area (Å²) in [5.74, 6) is 0.0491. The Morgan fingerprint density at radius 3 is 2.89 bits per heavy atom. The van der Waals surface area contributed by atoms with Crippen molar-refractivity contribution in [2.75, 3.05) is 0 Å². The third-order valence-electron chi connectivity index (χ3n) is 4.18. The molecule has 0 unspecified atom stereocenters. The van der Waals surface area contributed by atoms with Gasteiger partial charge in [0.25, 0.3) is 5.91 Å². The van der Waals surface area contributed by atoms with Crippen LogP contribution in [0.2, 0.25) is 0 Å². The number of carbonyl (C=O) groups is 1. The van der Waals surface area contributed by atoms with E-state index in [0.717, 1.165) is 35.7 Å². The van der Waals surface area contributed by atoms with Crippen molar-refractivity contribution in [2.24, 2.45) is 0 Å². The van der Waals surface area contributed by atoms with Gasteiger partial charge in [0.15, 0.2) is 0 Å². The molecule has 3 rings (SSSR count). The molecule has 2 aromatic rings. The lowest BCUT2D eigenvalue weighted by atomic mass is 9.74. The lowest BCUT2D eigenvalue weighted by molar-refractivity contribution is 0.0820. The highest BCUT2D eigenvalue weighted by atomic mass is 16.1. The van der Waals surface area contributed by atoms with E-state index in [2.05, 4.69) is 17.2 Å². The third-order valence-corrected chi connectivity index (χ3v) is 4.18. The van der Waals surface area contributed by atoms with Gasteiger partial charge in [-0.1, -0.05) is 13.0 Å². The predicted molar refractivity (Wildman–Crippen MR) is 72.6 cm³/mol. The fourth-order valence-corrected chi connectivity index (χ4v) is 2.67. The molecule has 0 aliphatic heterocycles. The maximum Gasteiger partial charge on any atom is 0.251 e. The van der Waals surface area contributed by atoms with Crippen LogP contribution in [-0.2, 0) is 0 Å². The van der Waals surface area contributed by atoms with Crippen LogP contribution in [0, 0.1) is 0 Å². The second-order valence-corrected chi connectivity index (χ2v) is 5.22. The van der Waals surface area contributed by atoms with Crippen molar-refractivity contribution >= 4 is 16.8 Å².